The molecule has 30 heavy (non-hydrogen) atoms. The lowest BCUT2D eigenvalue weighted by atomic mass is 10.2. The number of ether oxygens (including phenoxy) is 2. The highest BCUT2D eigenvalue weighted by Gasteiger charge is 2.10. The molecule has 1 heterocycles. The van der Waals surface area contributed by atoms with Gasteiger partial charge in [0.1, 0.15) is 17.3 Å². The molecule has 6 nitrogen and oxygen atoms in total. The molecule has 0 aliphatic heterocycles. The number of aryl methyl sites for hydroxylation is 2. The standard InChI is InChI=1S/C24H31N3O3/c1-3-24(28)25-16-8-11-23-26-21-9-4-5-10-22(21)27(23)17-6-7-18-30-20-14-12-19(29-2)13-15-20/h4-5,9-10,12-15H,3,6-8,11,16-18H2,1-2H3,(H,25,28). The SMILES string of the molecule is CCC(=O)NCCCc1nc2ccccc2n1CCCCOc1ccc(OC)cc1. The molecule has 1 aromatic heterocycles. The number of nitrogens with zero attached hydrogens (tertiary/aromatic N) is 2. The summed E-state index contributed by atoms with van der Waals surface area (Å²) < 4.78 is 13.3. The van der Waals surface area contributed by atoms with Crippen molar-refractivity contribution in [1.29, 1.82) is 0 Å². The second-order valence-corrected chi connectivity index (χ2v) is 7.21. The highest BCUT2D eigenvalue weighted by molar-refractivity contribution is 5.76. The zero-order valence-electron chi connectivity index (χ0n) is 17.9. The maximum atomic E-state index is 11.4. The summed E-state index contributed by atoms with van der Waals surface area (Å²) in [6.45, 7) is 4.14. The normalized spacial score (nSPS) is 10.9. The zero-order valence-corrected chi connectivity index (χ0v) is 17.9. The molecule has 0 bridgehead atoms. The third-order valence-electron chi connectivity index (χ3n) is 5.06. The van der Waals surface area contributed by atoms with E-state index in [1.54, 1.807) is 7.11 Å². The summed E-state index contributed by atoms with van der Waals surface area (Å²) in [5.41, 5.74) is 2.20. The number of carbonyl (C=O) groups excluding carboxylic acids is 1. The Hall–Kier alpha value is -3.02. The van der Waals surface area contributed by atoms with E-state index in [1.165, 1.54) is 5.52 Å². The fraction of sp³-hybridized carbons (Fsp3) is 0.417. The summed E-state index contributed by atoms with van der Waals surface area (Å²) in [6.07, 6.45) is 4.23. The Labute approximate surface area is 178 Å². The Morgan fingerprint density at radius 2 is 1.80 bits per heavy atom. The van der Waals surface area contributed by atoms with Gasteiger partial charge in [0.25, 0.3) is 0 Å². The Bertz CT molecular complexity index is 935. The summed E-state index contributed by atoms with van der Waals surface area (Å²) in [6, 6.07) is 15.9. The minimum absolute atomic E-state index is 0.0976. The molecule has 3 aromatic rings. The zero-order chi connectivity index (χ0) is 21.2. The van der Waals surface area contributed by atoms with E-state index in [0.29, 0.717) is 19.6 Å². The Morgan fingerprint density at radius 1 is 1.03 bits per heavy atom. The first-order valence-electron chi connectivity index (χ1n) is 10.7. The molecule has 1 amide bonds. The fourth-order valence-electron chi connectivity index (χ4n) is 3.40. The van der Waals surface area contributed by atoms with E-state index >= 15 is 0 Å². The number of aromatic nitrogens is 2. The van der Waals surface area contributed by atoms with Gasteiger partial charge in [-0.25, -0.2) is 4.98 Å². The number of imidazole rings is 1. The van der Waals surface area contributed by atoms with Gasteiger partial charge in [0.2, 0.25) is 5.91 Å². The number of fused-ring (bicyclic) bond motifs is 1. The van der Waals surface area contributed by atoms with Crippen molar-refractivity contribution in [3.63, 3.8) is 0 Å². The van der Waals surface area contributed by atoms with Crippen LogP contribution in [-0.2, 0) is 17.8 Å². The maximum absolute atomic E-state index is 11.4. The topological polar surface area (TPSA) is 65.4 Å². The number of amides is 1. The first kappa shape index (κ1) is 21.7. The predicted octanol–water partition coefficient (Wildman–Crippen LogP) is 4.36. The van der Waals surface area contributed by atoms with Gasteiger partial charge in [-0.15, -0.1) is 0 Å². The number of rotatable bonds is 12. The number of benzene rings is 2. The quantitative estimate of drug-likeness (QED) is 0.451. The molecule has 1 N–H and O–H groups in total. The van der Waals surface area contributed by atoms with Gasteiger partial charge in [0.05, 0.1) is 24.8 Å². The van der Waals surface area contributed by atoms with E-state index in [1.807, 2.05) is 37.3 Å². The van der Waals surface area contributed by atoms with E-state index in [2.05, 4.69) is 28.1 Å². The number of hydrogen-bond donors (Lipinski definition) is 1. The van der Waals surface area contributed by atoms with Crippen LogP contribution < -0.4 is 14.8 Å². The van der Waals surface area contributed by atoms with Crippen molar-refractivity contribution < 1.29 is 14.3 Å². The fourth-order valence-corrected chi connectivity index (χ4v) is 3.40. The van der Waals surface area contributed by atoms with Crippen LogP contribution in [0.25, 0.3) is 11.0 Å². The van der Waals surface area contributed by atoms with Gasteiger partial charge >= 0.3 is 0 Å². The highest BCUT2D eigenvalue weighted by Crippen LogP contribution is 2.19. The predicted molar refractivity (Wildman–Crippen MR) is 119 cm³/mol. The Morgan fingerprint density at radius 3 is 2.57 bits per heavy atom. The van der Waals surface area contributed by atoms with E-state index in [0.717, 1.165) is 55.1 Å². The molecule has 0 spiro atoms. The third-order valence-corrected chi connectivity index (χ3v) is 5.06. The van der Waals surface area contributed by atoms with Gasteiger partial charge in [0.15, 0.2) is 0 Å². The molecule has 0 unspecified atom stereocenters. The van der Waals surface area contributed by atoms with Gasteiger partial charge in [-0.3, -0.25) is 4.79 Å². The minimum atomic E-state index is 0.0976. The molecule has 0 saturated carbocycles. The van der Waals surface area contributed by atoms with Gasteiger partial charge in [-0.05, 0) is 55.7 Å². The lowest BCUT2D eigenvalue weighted by molar-refractivity contribution is -0.120. The Kier molecular flexibility index (Phi) is 8.12. The molecule has 0 saturated heterocycles. The van der Waals surface area contributed by atoms with Crippen molar-refractivity contribution in [2.75, 3.05) is 20.3 Å². The van der Waals surface area contributed by atoms with Gasteiger partial charge < -0.3 is 19.4 Å². The third kappa shape index (κ3) is 5.99. The van der Waals surface area contributed by atoms with Crippen molar-refractivity contribution in [2.24, 2.45) is 0 Å². The number of nitrogens with one attached hydrogen (secondary N) is 1. The average molecular weight is 410 g/mol. The lowest BCUT2D eigenvalue weighted by Gasteiger charge is -2.11. The molecule has 2 aromatic carbocycles. The van der Waals surface area contributed by atoms with Crippen molar-refractivity contribution in [3.8, 4) is 11.5 Å². The van der Waals surface area contributed by atoms with Crippen LogP contribution in [0.5, 0.6) is 11.5 Å². The van der Waals surface area contributed by atoms with Gasteiger partial charge in [-0.2, -0.15) is 0 Å². The summed E-state index contributed by atoms with van der Waals surface area (Å²) in [7, 11) is 1.66. The number of methoxy groups -OCH3 is 1. The number of carbonyl (C=O) groups is 1. The Balaban J connectivity index is 1.51. The largest absolute Gasteiger partial charge is 0.497 e. The molecule has 6 heteroatoms. The second kappa shape index (κ2) is 11.2. The van der Waals surface area contributed by atoms with Crippen molar-refractivity contribution in [2.45, 2.75) is 45.6 Å². The van der Waals surface area contributed by atoms with Crippen LogP contribution in [0.3, 0.4) is 0 Å². The molecular formula is C24H31N3O3. The minimum Gasteiger partial charge on any atom is -0.497 e. The van der Waals surface area contributed by atoms with Crippen molar-refractivity contribution in [3.05, 3.63) is 54.4 Å². The molecule has 0 aliphatic carbocycles. The van der Waals surface area contributed by atoms with Crippen LogP contribution >= 0.6 is 0 Å². The lowest BCUT2D eigenvalue weighted by Crippen LogP contribution is -2.23. The summed E-state index contributed by atoms with van der Waals surface area (Å²) in [5.74, 6) is 2.87. The van der Waals surface area contributed by atoms with Crippen LogP contribution in [0.1, 0.15) is 38.4 Å². The van der Waals surface area contributed by atoms with Crippen LogP contribution in [0.15, 0.2) is 48.5 Å². The number of hydrogen-bond acceptors (Lipinski definition) is 4. The summed E-state index contributed by atoms with van der Waals surface area (Å²) >= 11 is 0. The summed E-state index contributed by atoms with van der Waals surface area (Å²) in [5, 5.41) is 2.94. The first-order chi connectivity index (χ1) is 14.7. The smallest absolute Gasteiger partial charge is 0.219 e. The monoisotopic (exact) mass is 409 g/mol. The van der Waals surface area contributed by atoms with E-state index < -0.39 is 0 Å². The van der Waals surface area contributed by atoms with E-state index in [-0.39, 0.29) is 5.91 Å². The number of para-hydroxylation sites is 2. The molecule has 160 valence electrons. The van der Waals surface area contributed by atoms with E-state index in [9.17, 15) is 4.79 Å². The van der Waals surface area contributed by atoms with Crippen LogP contribution in [0, 0.1) is 0 Å². The molecule has 0 fully saturated rings. The second-order valence-electron chi connectivity index (χ2n) is 7.21. The average Bonchev–Trinajstić information content (AvgIpc) is 3.14. The van der Waals surface area contributed by atoms with Crippen LogP contribution in [0.2, 0.25) is 0 Å². The summed E-state index contributed by atoms with van der Waals surface area (Å²) in [4.78, 5) is 16.2. The number of unbranched alkanes of at least 4 members (excludes halogenated alkanes) is 1. The molecule has 3 rings (SSSR count). The van der Waals surface area contributed by atoms with E-state index in [4.69, 9.17) is 14.5 Å². The highest BCUT2D eigenvalue weighted by atomic mass is 16.5. The maximum Gasteiger partial charge on any atom is 0.219 e. The first-order valence-corrected chi connectivity index (χ1v) is 10.7. The van der Waals surface area contributed by atoms with Gasteiger partial charge in [0, 0.05) is 25.9 Å². The van der Waals surface area contributed by atoms with Crippen LogP contribution in [0.4, 0.5) is 0 Å². The van der Waals surface area contributed by atoms with Crippen molar-refractivity contribution in [1.82, 2.24) is 14.9 Å². The van der Waals surface area contributed by atoms with Crippen molar-refractivity contribution >= 4 is 16.9 Å². The van der Waals surface area contributed by atoms with Gasteiger partial charge in [-0.1, -0.05) is 19.1 Å². The molecular weight excluding hydrogens is 378 g/mol. The molecule has 0 radical (unpaired) electrons. The van der Waals surface area contributed by atoms with Crippen LogP contribution in [-0.4, -0.2) is 35.7 Å². The molecule has 0 atom stereocenters. The molecule has 0 aliphatic rings.